The van der Waals surface area contributed by atoms with Crippen molar-refractivity contribution in [1.82, 2.24) is 0 Å². The molecule has 0 saturated heterocycles. The second-order valence-electron chi connectivity index (χ2n) is 7.23. The van der Waals surface area contributed by atoms with Crippen LogP contribution in [0.3, 0.4) is 0 Å². The summed E-state index contributed by atoms with van der Waals surface area (Å²) < 4.78 is 0. The lowest BCUT2D eigenvalue weighted by atomic mass is 9.91. The molecule has 0 unspecified atom stereocenters. The van der Waals surface area contributed by atoms with Crippen LogP contribution < -0.4 is 0 Å². The summed E-state index contributed by atoms with van der Waals surface area (Å²) in [4.78, 5) is 0. The molecule has 0 radical (unpaired) electrons. The molecular formula is C24H24Cl2. The highest BCUT2D eigenvalue weighted by molar-refractivity contribution is 6.31. The molecule has 134 valence electrons. The van der Waals surface area contributed by atoms with Crippen molar-refractivity contribution in [3.8, 4) is 0 Å². The summed E-state index contributed by atoms with van der Waals surface area (Å²) in [5.74, 6) is 0. The van der Waals surface area contributed by atoms with Gasteiger partial charge in [0.1, 0.15) is 0 Å². The van der Waals surface area contributed by atoms with Crippen LogP contribution in [0.4, 0.5) is 0 Å². The summed E-state index contributed by atoms with van der Waals surface area (Å²) >= 11 is 12.6. The van der Waals surface area contributed by atoms with Crippen molar-refractivity contribution in [3.05, 3.63) is 103 Å². The minimum atomic E-state index is 0.835. The van der Waals surface area contributed by atoms with Crippen LogP contribution in [-0.4, -0.2) is 0 Å². The fourth-order valence-corrected chi connectivity index (χ4v) is 3.72. The molecule has 0 saturated carbocycles. The maximum atomic E-state index is 6.30. The zero-order valence-electron chi connectivity index (χ0n) is 15.8. The van der Waals surface area contributed by atoms with E-state index in [-0.39, 0.29) is 0 Å². The molecule has 0 aliphatic rings. The first-order valence-corrected chi connectivity index (χ1v) is 9.68. The van der Waals surface area contributed by atoms with E-state index in [1.165, 1.54) is 33.4 Å². The maximum absolute atomic E-state index is 6.30. The van der Waals surface area contributed by atoms with Crippen LogP contribution in [-0.2, 0) is 12.8 Å². The van der Waals surface area contributed by atoms with Gasteiger partial charge < -0.3 is 0 Å². The normalized spacial score (nSPS) is 11.0. The van der Waals surface area contributed by atoms with Crippen molar-refractivity contribution >= 4 is 23.2 Å². The van der Waals surface area contributed by atoms with E-state index in [1.54, 1.807) is 0 Å². The van der Waals surface area contributed by atoms with Crippen LogP contribution >= 0.6 is 23.2 Å². The number of hydrogen-bond donors (Lipinski definition) is 0. The van der Waals surface area contributed by atoms with Gasteiger partial charge in [-0.25, -0.2) is 0 Å². The van der Waals surface area contributed by atoms with Crippen LogP contribution in [0.2, 0.25) is 10.0 Å². The van der Waals surface area contributed by atoms with Crippen molar-refractivity contribution in [1.29, 1.82) is 0 Å². The first-order valence-electron chi connectivity index (χ1n) is 8.92. The molecule has 0 aliphatic carbocycles. The van der Waals surface area contributed by atoms with Gasteiger partial charge in [0, 0.05) is 10.0 Å². The van der Waals surface area contributed by atoms with Gasteiger partial charge in [-0.2, -0.15) is 0 Å². The fourth-order valence-electron chi connectivity index (χ4n) is 3.31. The SMILES string of the molecule is Cc1cc(Cc2ccc(C)c(Cl)c2)c(C)c(Cc2ccc(C)c(Cl)c2)c1. The average Bonchev–Trinajstić information content (AvgIpc) is 2.58. The minimum Gasteiger partial charge on any atom is -0.0840 e. The Labute approximate surface area is 166 Å². The van der Waals surface area contributed by atoms with Crippen LogP contribution in [0.15, 0.2) is 48.5 Å². The standard InChI is InChI=1S/C24H24Cl2/c1-15-9-21(11-19-7-5-16(2)23(25)13-19)18(4)22(10-15)12-20-8-6-17(3)24(26)14-20/h5-10,13-14H,11-12H2,1-4H3. The van der Waals surface area contributed by atoms with Gasteiger partial charge in [-0.15, -0.1) is 0 Å². The average molecular weight is 383 g/mol. The summed E-state index contributed by atoms with van der Waals surface area (Å²) in [6.45, 7) is 8.45. The first kappa shape index (κ1) is 19.0. The second-order valence-corrected chi connectivity index (χ2v) is 8.04. The molecule has 0 atom stereocenters. The quantitative estimate of drug-likeness (QED) is 0.440. The van der Waals surface area contributed by atoms with Gasteiger partial charge in [0.2, 0.25) is 0 Å². The molecule has 0 fully saturated rings. The number of benzene rings is 3. The summed E-state index contributed by atoms with van der Waals surface area (Å²) in [7, 11) is 0. The number of aryl methyl sites for hydroxylation is 3. The lowest BCUT2D eigenvalue weighted by Gasteiger charge is -2.15. The number of halogens is 2. The van der Waals surface area contributed by atoms with Crippen LogP contribution in [0.1, 0.15) is 44.5 Å². The summed E-state index contributed by atoms with van der Waals surface area (Å²) in [6, 6.07) is 17.3. The largest absolute Gasteiger partial charge is 0.0840 e. The highest BCUT2D eigenvalue weighted by atomic mass is 35.5. The van der Waals surface area contributed by atoms with E-state index in [4.69, 9.17) is 23.2 Å². The van der Waals surface area contributed by atoms with E-state index in [9.17, 15) is 0 Å². The van der Waals surface area contributed by atoms with Gasteiger partial charge >= 0.3 is 0 Å². The lowest BCUT2D eigenvalue weighted by Crippen LogP contribution is -2.00. The van der Waals surface area contributed by atoms with Crippen molar-refractivity contribution in [2.24, 2.45) is 0 Å². The van der Waals surface area contributed by atoms with Gasteiger partial charge in [-0.05, 0) is 91.6 Å². The monoisotopic (exact) mass is 382 g/mol. The molecule has 0 aliphatic heterocycles. The third kappa shape index (κ3) is 4.31. The Hall–Kier alpha value is -1.76. The second kappa shape index (κ2) is 7.86. The zero-order chi connectivity index (χ0) is 18.8. The minimum absolute atomic E-state index is 0.835. The zero-order valence-corrected chi connectivity index (χ0v) is 17.3. The molecular weight excluding hydrogens is 359 g/mol. The Balaban J connectivity index is 1.92. The van der Waals surface area contributed by atoms with Gasteiger partial charge in [0.15, 0.2) is 0 Å². The molecule has 3 aromatic rings. The Bertz CT molecular complexity index is 880. The van der Waals surface area contributed by atoms with E-state index in [0.29, 0.717) is 0 Å². The smallest absolute Gasteiger partial charge is 0.0438 e. The van der Waals surface area contributed by atoms with Crippen LogP contribution in [0.5, 0.6) is 0 Å². The molecule has 26 heavy (non-hydrogen) atoms. The summed E-state index contributed by atoms with van der Waals surface area (Å²) in [5.41, 5.74) is 10.1. The van der Waals surface area contributed by atoms with Gasteiger partial charge in [-0.1, -0.05) is 65.2 Å². The molecule has 0 amide bonds. The van der Waals surface area contributed by atoms with Crippen LogP contribution in [0.25, 0.3) is 0 Å². The van der Waals surface area contributed by atoms with Gasteiger partial charge in [0.05, 0.1) is 0 Å². The van der Waals surface area contributed by atoms with Gasteiger partial charge in [0.25, 0.3) is 0 Å². The van der Waals surface area contributed by atoms with E-state index < -0.39 is 0 Å². The van der Waals surface area contributed by atoms with Crippen LogP contribution in [0, 0.1) is 27.7 Å². The summed E-state index contributed by atoms with van der Waals surface area (Å²) in [6.07, 6.45) is 1.80. The number of hydrogen-bond acceptors (Lipinski definition) is 0. The van der Waals surface area contributed by atoms with Gasteiger partial charge in [-0.3, -0.25) is 0 Å². The van der Waals surface area contributed by atoms with E-state index in [0.717, 1.165) is 34.0 Å². The predicted octanol–water partition coefficient (Wildman–Crippen LogP) is 7.41. The topological polar surface area (TPSA) is 0 Å². The highest BCUT2D eigenvalue weighted by Crippen LogP contribution is 2.26. The highest BCUT2D eigenvalue weighted by Gasteiger charge is 2.09. The Kier molecular flexibility index (Phi) is 5.75. The molecule has 2 heteroatoms. The molecule has 0 heterocycles. The third-order valence-corrected chi connectivity index (χ3v) is 5.84. The first-order chi connectivity index (χ1) is 12.3. The number of rotatable bonds is 4. The van der Waals surface area contributed by atoms with E-state index >= 15 is 0 Å². The lowest BCUT2D eigenvalue weighted by molar-refractivity contribution is 1.08. The van der Waals surface area contributed by atoms with Crippen molar-refractivity contribution in [2.75, 3.05) is 0 Å². The molecule has 3 aromatic carbocycles. The fraction of sp³-hybridized carbons (Fsp3) is 0.250. The molecule has 0 nitrogen and oxygen atoms in total. The maximum Gasteiger partial charge on any atom is 0.0438 e. The molecule has 0 N–H and O–H groups in total. The summed E-state index contributed by atoms with van der Waals surface area (Å²) in [5, 5.41) is 1.67. The Morgan fingerprint density at radius 1 is 0.615 bits per heavy atom. The molecule has 0 spiro atoms. The Morgan fingerprint density at radius 3 is 1.42 bits per heavy atom. The third-order valence-electron chi connectivity index (χ3n) is 5.03. The van der Waals surface area contributed by atoms with E-state index in [2.05, 4.69) is 62.4 Å². The molecule has 0 bridgehead atoms. The van der Waals surface area contributed by atoms with Crippen molar-refractivity contribution < 1.29 is 0 Å². The van der Waals surface area contributed by atoms with Crippen molar-refractivity contribution in [3.63, 3.8) is 0 Å². The predicted molar refractivity (Wildman–Crippen MR) is 114 cm³/mol. The van der Waals surface area contributed by atoms with E-state index in [1.807, 2.05) is 13.8 Å². The molecule has 3 rings (SSSR count). The Morgan fingerprint density at radius 2 is 1.04 bits per heavy atom. The molecule has 0 aromatic heterocycles. The van der Waals surface area contributed by atoms with Crippen molar-refractivity contribution in [2.45, 2.75) is 40.5 Å².